The Kier molecular flexibility index (Phi) is 3.53. The summed E-state index contributed by atoms with van der Waals surface area (Å²) in [6.07, 6.45) is -0.198. The first-order chi connectivity index (χ1) is 8.29. The van der Waals surface area contributed by atoms with Crippen molar-refractivity contribution in [3.05, 3.63) is 29.0 Å². The Bertz CT molecular complexity index is 605. The summed E-state index contributed by atoms with van der Waals surface area (Å²) >= 11 is 5.53. The van der Waals surface area contributed by atoms with E-state index in [0.29, 0.717) is 0 Å². The van der Waals surface area contributed by atoms with E-state index in [2.05, 4.69) is 0 Å². The first kappa shape index (κ1) is 13.6. The molecule has 4 nitrogen and oxygen atoms in total. The monoisotopic (exact) mass is 311 g/mol. The van der Waals surface area contributed by atoms with Gasteiger partial charge in [0.15, 0.2) is 0 Å². The molecule has 8 heteroatoms. The van der Waals surface area contributed by atoms with Gasteiger partial charge >= 0.3 is 0 Å². The molecule has 1 aliphatic heterocycles. The summed E-state index contributed by atoms with van der Waals surface area (Å²) in [5.74, 6) is -1.08. The van der Waals surface area contributed by atoms with Crippen molar-refractivity contribution in [1.29, 1.82) is 0 Å². The fraction of sp³-hybridized carbons (Fsp3) is 0.300. The number of hydrogen-bond acceptors (Lipinski definition) is 3. The predicted molar refractivity (Wildman–Crippen MR) is 66.9 cm³/mol. The van der Waals surface area contributed by atoms with E-state index in [1.165, 1.54) is 17.0 Å². The van der Waals surface area contributed by atoms with Gasteiger partial charge in [-0.25, -0.2) is 12.8 Å². The molecule has 0 spiro atoms. The molecular formula is C10H8Cl2FNO3S. The molecule has 1 aliphatic rings. The lowest BCUT2D eigenvalue weighted by atomic mass is 10.3. The number of halogens is 3. The van der Waals surface area contributed by atoms with Crippen LogP contribution in [0.2, 0.25) is 5.02 Å². The number of benzene rings is 1. The van der Waals surface area contributed by atoms with Gasteiger partial charge in [0.1, 0.15) is 11.1 Å². The number of carbonyl (C=O) groups excluding carboxylic acids is 1. The molecule has 0 N–H and O–H groups in total. The molecule has 0 aliphatic carbocycles. The van der Waals surface area contributed by atoms with Crippen LogP contribution in [0.25, 0.3) is 0 Å². The summed E-state index contributed by atoms with van der Waals surface area (Å²) in [5, 5.41) is -1.03. The zero-order valence-corrected chi connectivity index (χ0v) is 11.3. The highest BCUT2D eigenvalue weighted by molar-refractivity contribution is 8.14. The van der Waals surface area contributed by atoms with Crippen molar-refractivity contribution >= 4 is 42.9 Å². The van der Waals surface area contributed by atoms with E-state index >= 15 is 0 Å². The van der Waals surface area contributed by atoms with Gasteiger partial charge in [-0.1, -0.05) is 11.6 Å². The summed E-state index contributed by atoms with van der Waals surface area (Å²) < 4.78 is 35.6. The van der Waals surface area contributed by atoms with Crippen LogP contribution in [-0.4, -0.2) is 26.1 Å². The normalized spacial score (nSPS) is 20.5. The molecule has 0 bridgehead atoms. The van der Waals surface area contributed by atoms with Gasteiger partial charge in [0.05, 0.1) is 5.02 Å². The minimum Gasteiger partial charge on any atom is -0.311 e. The van der Waals surface area contributed by atoms with Crippen molar-refractivity contribution in [3.8, 4) is 0 Å². The van der Waals surface area contributed by atoms with Gasteiger partial charge in [-0.3, -0.25) is 4.79 Å². The number of nitrogens with zero attached hydrogens (tertiary/aromatic N) is 1. The van der Waals surface area contributed by atoms with Crippen LogP contribution in [0.4, 0.5) is 10.1 Å². The van der Waals surface area contributed by atoms with Gasteiger partial charge in [-0.2, -0.15) is 0 Å². The first-order valence-corrected chi connectivity index (χ1v) is 7.73. The zero-order valence-electron chi connectivity index (χ0n) is 8.94. The summed E-state index contributed by atoms with van der Waals surface area (Å²) in [4.78, 5) is 12.9. The van der Waals surface area contributed by atoms with Crippen LogP contribution >= 0.6 is 22.3 Å². The topological polar surface area (TPSA) is 54.5 Å². The molecular weight excluding hydrogens is 304 g/mol. The Labute approximate surface area is 113 Å². The maximum Gasteiger partial charge on any atom is 0.237 e. The molecule has 18 heavy (non-hydrogen) atoms. The van der Waals surface area contributed by atoms with Gasteiger partial charge in [-0.15, -0.1) is 0 Å². The Balaban J connectivity index is 2.30. The minimum absolute atomic E-state index is 0.0630. The molecule has 98 valence electrons. The second-order valence-electron chi connectivity index (χ2n) is 3.90. The van der Waals surface area contributed by atoms with Crippen LogP contribution < -0.4 is 4.90 Å². The third kappa shape index (κ3) is 2.60. The van der Waals surface area contributed by atoms with Crippen molar-refractivity contribution in [2.75, 3.05) is 11.4 Å². The molecule has 1 aromatic carbocycles. The average Bonchev–Trinajstić information content (AvgIpc) is 2.64. The van der Waals surface area contributed by atoms with E-state index in [9.17, 15) is 17.6 Å². The number of amides is 1. The molecule has 1 fully saturated rings. The maximum absolute atomic E-state index is 13.3. The molecule has 1 unspecified atom stereocenters. The van der Waals surface area contributed by atoms with Gasteiger partial charge in [-0.05, 0) is 18.2 Å². The molecule has 0 radical (unpaired) electrons. The fourth-order valence-corrected chi connectivity index (χ4v) is 2.91. The zero-order chi connectivity index (χ0) is 13.5. The number of rotatable bonds is 2. The van der Waals surface area contributed by atoms with Crippen molar-refractivity contribution in [3.63, 3.8) is 0 Å². The minimum atomic E-state index is -3.80. The predicted octanol–water partition coefficient (Wildman–Crippen LogP) is 2.15. The van der Waals surface area contributed by atoms with Crippen molar-refractivity contribution in [1.82, 2.24) is 0 Å². The standard InChI is InChI=1S/C10H8Cl2FNO3S/c11-8-2-1-6(3-9(8)13)14-5-7(4-10(14)15)18(12,16)17/h1-3,7H,4-5H2. The molecule has 1 aromatic rings. The van der Waals surface area contributed by atoms with Gasteiger partial charge < -0.3 is 4.90 Å². The van der Waals surface area contributed by atoms with Crippen molar-refractivity contribution in [2.45, 2.75) is 11.7 Å². The van der Waals surface area contributed by atoms with Crippen LogP contribution in [0.15, 0.2) is 18.2 Å². The average molecular weight is 312 g/mol. The Morgan fingerprint density at radius 1 is 1.39 bits per heavy atom. The molecule has 0 aromatic heterocycles. The molecule has 0 saturated carbocycles. The smallest absolute Gasteiger partial charge is 0.237 e. The van der Waals surface area contributed by atoms with Gasteiger partial charge in [0.2, 0.25) is 15.0 Å². The summed E-state index contributed by atoms with van der Waals surface area (Å²) in [6, 6.07) is 3.85. The Morgan fingerprint density at radius 3 is 2.56 bits per heavy atom. The lowest BCUT2D eigenvalue weighted by Crippen LogP contribution is -2.26. The number of carbonyl (C=O) groups is 1. The third-order valence-electron chi connectivity index (χ3n) is 2.70. The van der Waals surface area contributed by atoms with Crippen molar-refractivity contribution < 1.29 is 17.6 Å². The first-order valence-electron chi connectivity index (χ1n) is 4.98. The quantitative estimate of drug-likeness (QED) is 0.786. The van der Waals surface area contributed by atoms with Crippen molar-refractivity contribution in [2.24, 2.45) is 0 Å². The highest BCUT2D eigenvalue weighted by Gasteiger charge is 2.38. The van der Waals surface area contributed by atoms with E-state index in [1.54, 1.807) is 0 Å². The molecule has 1 amide bonds. The van der Waals surface area contributed by atoms with Crippen LogP contribution in [0.5, 0.6) is 0 Å². The van der Waals surface area contributed by atoms with E-state index in [-0.39, 0.29) is 23.7 Å². The summed E-state index contributed by atoms with van der Waals surface area (Å²) in [5.41, 5.74) is 0.268. The van der Waals surface area contributed by atoms with Crippen LogP contribution in [0.1, 0.15) is 6.42 Å². The highest BCUT2D eigenvalue weighted by Crippen LogP contribution is 2.28. The maximum atomic E-state index is 13.3. The fourth-order valence-electron chi connectivity index (χ4n) is 1.77. The molecule has 1 atom stereocenters. The lowest BCUT2D eigenvalue weighted by molar-refractivity contribution is -0.117. The number of anilines is 1. The van der Waals surface area contributed by atoms with Crippen LogP contribution in [0, 0.1) is 5.82 Å². The van der Waals surface area contributed by atoms with E-state index in [4.69, 9.17) is 22.3 Å². The molecule has 1 heterocycles. The summed E-state index contributed by atoms with van der Waals surface area (Å²) in [7, 11) is 1.41. The summed E-state index contributed by atoms with van der Waals surface area (Å²) in [6.45, 7) is -0.0776. The van der Waals surface area contributed by atoms with Gasteiger partial charge in [0.25, 0.3) is 0 Å². The Morgan fingerprint density at radius 2 is 2.06 bits per heavy atom. The second-order valence-corrected chi connectivity index (χ2v) is 7.22. The largest absolute Gasteiger partial charge is 0.311 e. The van der Waals surface area contributed by atoms with Gasteiger partial charge in [0, 0.05) is 29.3 Å². The Hall–Kier alpha value is -0.850. The van der Waals surface area contributed by atoms with E-state index in [1.807, 2.05) is 0 Å². The third-order valence-corrected chi connectivity index (χ3v) is 4.88. The highest BCUT2D eigenvalue weighted by atomic mass is 35.7. The van der Waals surface area contributed by atoms with Crippen LogP contribution in [-0.2, 0) is 13.8 Å². The SMILES string of the molecule is O=C1CC(S(=O)(=O)Cl)CN1c1ccc(Cl)c(F)c1. The second kappa shape index (κ2) is 4.68. The van der Waals surface area contributed by atoms with E-state index in [0.717, 1.165) is 6.07 Å². The lowest BCUT2D eigenvalue weighted by Gasteiger charge is -2.16. The van der Waals surface area contributed by atoms with E-state index < -0.39 is 26.0 Å². The number of hydrogen-bond donors (Lipinski definition) is 0. The molecule has 1 saturated heterocycles. The van der Waals surface area contributed by atoms with Crippen LogP contribution in [0.3, 0.4) is 0 Å². The molecule has 2 rings (SSSR count).